The third-order valence-electron chi connectivity index (χ3n) is 2.11. The number of carbonyl (C=O) groups is 2. The highest BCUT2D eigenvalue weighted by molar-refractivity contribution is 6.40. The number of nitrogens with one attached hydrogen (secondary N) is 1. The summed E-state index contributed by atoms with van der Waals surface area (Å²) in [5.41, 5.74) is 4.60. The zero-order valence-electron chi connectivity index (χ0n) is 9.75. The number of aromatic carboxylic acids is 1. The van der Waals surface area contributed by atoms with Crippen LogP contribution < -0.4 is 11.1 Å². The average molecular weight is 291 g/mol. The Bertz CT molecular complexity index is 486. The van der Waals surface area contributed by atoms with Crippen molar-refractivity contribution < 1.29 is 14.7 Å². The lowest BCUT2D eigenvalue weighted by Gasteiger charge is -2.19. The van der Waals surface area contributed by atoms with Crippen LogP contribution in [0.5, 0.6) is 0 Å². The minimum Gasteiger partial charge on any atom is -0.478 e. The molecule has 0 aromatic heterocycles. The monoisotopic (exact) mass is 290 g/mol. The van der Waals surface area contributed by atoms with Crippen molar-refractivity contribution in [2.75, 3.05) is 5.32 Å². The van der Waals surface area contributed by atoms with E-state index in [2.05, 4.69) is 5.32 Å². The highest BCUT2D eigenvalue weighted by atomic mass is 35.5. The molecule has 98 valence electrons. The lowest BCUT2D eigenvalue weighted by atomic mass is 10.1. The normalized spacial score (nSPS) is 11.2. The largest absolute Gasteiger partial charge is 0.478 e. The second-order valence-corrected chi connectivity index (χ2v) is 5.11. The van der Waals surface area contributed by atoms with Crippen molar-refractivity contribution in [3.63, 3.8) is 0 Å². The number of hydrogen-bond donors (Lipinski definition) is 3. The lowest BCUT2D eigenvalue weighted by Crippen LogP contribution is -2.45. The summed E-state index contributed by atoms with van der Waals surface area (Å²) in [7, 11) is 0. The van der Waals surface area contributed by atoms with Gasteiger partial charge in [0.1, 0.15) is 0 Å². The molecule has 1 aromatic rings. The van der Waals surface area contributed by atoms with E-state index in [4.69, 9.17) is 34.0 Å². The molecule has 4 N–H and O–H groups in total. The molecule has 0 heterocycles. The van der Waals surface area contributed by atoms with Crippen molar-refractivity contribution >= 4 is 40.8 Å². The van der Waals surface area contributed by atoms with Crippen LogP contribution in [0.1, 0.15) is 24.2 Å². The molecule has 0 aliphatic heterocycles. The number of carboxylic acid groups (broad SMARTS) is 1. The molecule has 0 aliphatic carbocycles. The van der Waals surface area contributed by atoms with Gasteiger partial charge in [0.25, 0.3) is 0 Å². The summed E-state index contributed by atoms with van der Waals surface area (Å²) in [5, 5.41) is 11.4. The van der Waals surface area contributed by atoms with Crippen LogP contribution in [0.3, 0.4) is 0 Å². The predicted octanol–water partition coefficient (Wildman–Crippen LogP) is 2.37. The third-order valence-corrected chi connectivity index (χ3v) is 2.71. The van der Waals surface area contributed by atoms with Crippen LogP contribution in [-0.2, 0) is 4.79 Å². The molecule has 1 rings (SSSR count). The van der Waals surface area contributed by atoms with Crippen LogP contribution in [0, 0.1) is 0 Å². The van der Waals surface area contributed by atoms with Crippen LogP contribution >= 0.6 is 23.2 Å². The minimum atomic E-state index is -1.16. The van der Waals surface area contributed by atoms with Crippen molar-refractivity contribution in [1.29, 1.82) is 0 Å². The summed E-state index contributed by atoms with van der Waals surface area (Å²) in [4.78, 5) is 22.5. The third kappa shape index (κ3) is 3.35. The molecular weight excluding hydrogens is 279 g/mol. The Morgan fingerprint density at radius 3 is 2.06 bits per heavy atom. The summed E-state index contributed by atoms with van der Waals surface area (Å²) in [6.07, 6.45) is 0. The van der Waals surface area contributed by atoms with Gasteiger partial charge < -0.3 is 16.2 Å². The number of halogens is 2. The Morgan fingerprint density at radius 1 is 1.28 bits per heavy atom. The Labute approximate surface area is 114 Å². The number of rotatable bonds is 3. The van der Waals surface area contributed by atoms with E-state index >= 15 is 0 Å². The first kappa shape index (κ1) is 14.8. The van der Waals surface area contributed by atoms with Crippen LogP contribution in [0.4, 0.5) is 5.69 Å². The number of amides is 1. The molecule has 0 saturated heterocycles. The standard InChI is InChI=1S/C11H12Cl2N2O3/c1-11(2,14)10(18)15-8-6(12)3-5(9(16)17)4-7(8)13/h3-4H,14H2,1-2H3,(H,15,18)(H,16,17). The average Bonchev–Trinajstić information content (AvgIpc) is 2.21. The Balaban J connectivity index is 3.12. The SMILES string of the molecule is CC(C)(N)C(=O)Nc1c(Cl)cc(C(=O)O)cc1Cl. The lowest BCUT2D eigenvalue weighted by molar-refractivity contribution is -0.120. The van der Waals surface area contributed by atoms with Gasteiger partial charge in [-0.15, -0.1) is 0 Å². The molecule has 0 aliphatic rings. The van der Waals surface area contributed by atoms with Gasteiger partial charge in [-0.25, -0.2) is 4.79 Å². The highest BCUT2D eigenvalue weighted by Crippen LogP contribution is 2.32. The van der Waals surface area contributed by atoms with E-state index in [1.54, 1.807) is 0 Å². The number of nitrogens with two attached hydrogens (primary N) is 1. The van der Waals surface area contributed by atoms with Gasteiger partial charge in [-0.2, -0.15) is 0 Å². The Hall–Kier alpha value is -1.30. The first-order valence-electron chi connectivity index (χ1n) is 4.95. The Morgan fingerprint density at radius 2 is 1.72 bits per heavy atom. The zero-order chi connectivity index (χ0) is 14.1. The quantitative estimate of drug-likeness (QED) is 0.797. The van der Waals surface area contributed by atoms with E-state index in [0.717, 1.165) is 0 Å². The molecule has 7 heteroatoms. The smallest absolute Gasteiger partial charge is 0.335 e. The topological polar surface area (TPSA) is 92.4 Å². The minimum absolute atomic E-state index is 0.0394. The molecule has 0 spiro atoms. The number of benzene rings is 1. The summed E-state index contributed by atoms with van der Waals surface area (Å²) >= 11 is 11.7. The highest BCUT2D eigenvalue weighted by Gasteiger charge is 2.24. The molecule has 0 radical (unpaired) electrons. The van der Waals surface area contributed by atoms with Gasteiger partial charge in [-0.05, 0) is 26.0 Å². The number of anilines is 1. The first-order valence-corrected chi connectivity index (χ1v) is 5.71. The van der Waals surface area contributed by atoms with E-state index in [-0.39, 0.29) is 21.3 Å². The molecule has 0 atom stereocenters. The van der Waals surface area contributed by atoms with Crippen molar-refractivity contribution in [2.45, 2.75) is 19.4 Å². The van der Waals surface area contributed by atoms with Crippen LogP contribution in [0.2, 0.25) is 10.0 Å². The summed E-state index contributed by atoms with van der Waals surface area (Å²) in [5.74, 6) is -1.63. The number of hydrogen-bond acceptors (Lipinski definition) is 3. The maximum atomic E-state index is 11.7. The molecule has 1 aromatic carbocycles. The van der Waals surface area contributed by atoms with E-state index < -0.39 is 17.4 Å². The molecule has 0 unspecified atom stereocenters. The van der Waals surface area contributed by atoms with Gasteiger partial charge in [-0.1, -0.05) is 23.2 Å². The fourth-order valence-corrected chi connectivity index (χ4v) is 1.67. The maximum Gasteiger partial charge on any atom is 0.335 e. The predicted molar refractivity (Wildman–Crippen MR) is 70.3 cm³/mol. The van der Waals surface area contributed by atoms with Crippen molar-refractivity contribution in [2.24, 2.45) is 5.73 Å². The van der Waals surface area contributed by atoms with Gasteiger partial charge in [0.15, 0.2) is 0 Å². The summed E-state index contributed by atoms with van der Waals surface area (Å²) in [6, 6.07) is 2.41. The van der Waals surface area contributed by atoms with Gasteiger partial charge >= 0.3 is 5.97 Å². The fraction of sp³-hybridized carbons (Fsp3) is 0.273. The molecule has 0 bridgehead atoms. The fourth-order valence-electron chi connectivity index (χ4n) is 1.09. The van der Waals surface area contributed by atoms with Crippen LogP contribution in [-0.4, -0.2) is 22.5 Å². The van der Waals surface area contributed by atoms with E-state index in [1.807, 2.05) is 0 Å². The molecule has 1 amide bonds. The van der Waals surface area contributed by atoms with Crippen LogP contribution in [0.15, 0.2) is 12.1 Å². The first-order chi connectivity index (χ1) is 8.12. The van der Waals surface area contributed by atoms with E-state index in [0.29, 0.717) is 0 Å². The van der Waals surface area contributed by atoms with Gasteiger partial charge in [-0.3, -0.25) is 4.79 Å². The maximum absolute atomic E-state index is 11.7. The summed E-state index contributed by atoms with van der Waals surface area (Å²) < 4.78 is 0. The van der Waals surface area contributed by atoms with E-state index in [1.165, 1.54) is 26.0 Å². The van der Waals surface area contributed by atoms with Crippen molar-refractivity contribution in [3.05, 3.63) is 27.7 Å². The van der Waals surface area contributed by atoms with Gasteiger partial charge in [0.05, 0.1) is 26.8 Å². The Kier molecular flexibility index (Phi) is 4.21. The molecule has 0 saturated carbocycles. The van der Waals surface area contributed by atoms with Crippen molar-refractivity contribution in [3.8, 4) is 0 Å². The molecule has 5 nitrogen and oxygen atoms in total. The number of carboxylic acids is 1. The summed E-state index contributed by atoms with van der Waals surface area (Å²) in [6.45, 7) is 3.05. The zero-order valence-corrected chi connectivity index (χ0v) is 11.3. The number of carbonyl (C=O) groups excluding carboxylic acids is 1. The molecule has 18 heavy (non-hydrogen) atoms. The molecular formula is C11H12Cl2N2O3. The van der Waals surface area contributed by atoms with Crippen LogP contribution in [0.25, 0.3) is 0 Å². The molecule has 0 fully saturated rings. The second kappa shape index (κ2) is 5.14. The van der Waals surface area contributed by atoms with E-state index in [9.17, 15) is 9.59 Å². The van der Waals surface area contributed by atoms with Gasteiger partial charge in [0.2, 0.25) is 5.91 Å². The van der Waals surface area contributed by atoms with Gasteiger partial charge in [0, 0.05) is 0 Å². The second-order valence-electron chi connectivity index (χ2n) is 4.30. The van der Waals surface area contributed by atoms with Crippen molar-refractivity contribution in [1.82, 2.24) is 0 Å².